The first-order chi connectivity index (χ1) is 9.81. The fourth-order valence-corrected chi connectivity index (χ4v) is 1.72. The highest BCUT2D eigenvalue weighted by Crippen LogP contribution is 2.25. The van der Waals surface area contributed by atoms with E-state index in [2.05, 4.69) is 6.92 Å². The molecule has 0 bridgehead atoms. The van der Waals surface area contributed by atoms with Crippen LogP contribution in [0.2, 0.25) is 0 Å². The van der Waals surface area contributed by atoms with Gasteiger partial charge in [0.05, 0.1) is 13.7 Å². The van der Waals surface area contributed by atoms with Crippen LogP contribution in [-0.4, -0.2) is 13.7 Å². The Morgan fingerprint density at radius 2 is 1.25 bits per heavy atom. The average molecular weight is 272 g/mol. The minimum Gasteiger partial charge on any atom is -0.497 e. The third-order valence-electron chi connectivity index (χ3n) is 2.89. The van der Waals surface area contributed by atoms with Crippen molar-refractivity contribution in [3.8, 4) is 23.0 Å². The van der Waals surface area contributed by atoms with Gasteiger partial charge in [-0.25, -0.2) is 0 Å². The topological polar surface area (TPSA) is 27.7 Å². The molecular weight excluding hydrogens is 252 g/mol. The van der Waals surface area contributed by atoms with Gasteiger partial charge in [-0.15, -0.1) is 0 Å². The molecule has 0 fully saturated rings. The lowest BCUT2D eigenvalue weighted by Gasteiger charge is -2.08. The molecule has 0 radical (unpaired) electrons. The largest absolute Gasteiger partial charge is 0.497 e. The molecule has 106 valence electrons. The number of ether oxygens (including phenoxy) is 3. The molecule has 0 spiro atoms. The van der Waals surface area contributed by atoms with Crippen LogP contribution in [-0.2, 0) is 0 Å². The maximum absolute atomic E-state index is 5.75. The van der Waals surface area contributed by atoms with Gasteiger partial charge in [-0.3, -0.25) is 0 Å². The quantitative estimate of drug-likeness (QED) is 0.686. The number of methoxy groups -OCH3 is 1. The second kappa shape index (κ2) is 7.43. The van der Waals surface area contributed by atoms with Crippen LogP contribution in [0.15, 0.2) is 48.5 Å². The third-order valence-corrected chi connectivity index (χ3v) is 2.89. The van der Waals surface area contributed by atoms with Gasteiger partial charge in [0.25, 0.3) is 0 Å². The van der Waals surface area contributed by atoms with Crippen molar-refractivity contribution in [2.45, 2.75) is 19.8 Å². The standard InChI is InChI=1S/C17H20O3/c1-3-4-13-19-15-7-11-17(12-8-15)20-16-9-5-14(18-2)6-10-16/h5-12H,3-4,13H2,1-2H3. The number of hydrogen-bond acceptors (Lipinski definition) is 3. The zero-order valence-electron chi connectivity index (χ0n) is 12.0. The van der Waals surface area contributed by atoms with Gasteiger partial charge in [0.1, 0.15) is 23.0 Å². The molecule has 0 amide bonds. The Kier molecular flexibility index (Phi) is 5.30. The molecule has 0 saturated carbocycles. The van der Waals surface area contributed by atoms with E-state index in [0.29, 0.717) is 0 Å². The summed E-state index contributed by atoms with van der Waals surface area (Å²) in [6.45, 7) is 2.91. The van der Waals surface area contributed by atoms with Crippen molar-refractivity contribution in [2.75, 3.05) is 13.7 Å². The summed E-state index contributed by atoms with van der Waals surface area (Å²) < 4.78 is 16.5. The summed E-state index contributed by atoms with van der Waals surface area (Å²) in [5.41, 5.74) is 0. The SMILES string of the molecule is CCCCOc1ccc(Oc2ccc(OC)cc2)cc1. The maximum atomic E-state index is 5.75. The molecule has 2 aromatic rings. The fraction of sp³-hybridized carbons (Fsp3) is 0.294. The van der Waals surface area contributed by atoms with E-state index in [1.54, 1.807) is 7.11 Å². The van der Waals surface area contributed by atoms with Crippen LogP contribution < -0.4 is 14.2 Å². The Morgan fingerprint density at radius 3 is 1.75 bits per heavy atom. The zero-order valence-corrected chi connectivity index (χ0v) is 12.0. The Hall–Kier alpha value is -2.16. The molecule has 0 aliphatic heterocycles. The van der Waals surface area contributed by atoms with Gasteiger partial charge in [-0.1, -0.05) is 13.3 Å². The molecule has 0 N–H and O–H groups in total. The molecule has 20 heavy (non-hydrogen) atoms. The first-order valence-corrected chi connectivity index (χ1v) is 6.86. The van der Waals surface area contributed by atoms with E-state index in [-0.39, 0.29) is 0 Å². The van der Waals surface area contributed by atoms with Gasteiger partial charge >= 0.3 is 0 Å². The van der Waals surface area contributed by atoms with Crippen LogP contribution in [0.5, 0.6) is 23.0 Å². The lowest BCUT2D eigenvalue weighted by Crippen LogP contribution is -1.96. The summed E-state index contributed by atoms with van der Waals surface area (Å²) >= 11 is 0. The molecule has 2 aromatic carbocycles. The van der Waals surface area contributed by atoms with E-state index >= 15 is 0 Å². The predicted molar refractivity (Wildman–Crippen MR) is 79.9 cm³/mol. The molecule has 0 atom stereocenters. The molecule has 0 unspecified atom stereocenters. The van der Waals surface area contributed by atoms with Crippen molar-refractivity contribution in [3.05, 3.63) is 48.5 Å². The summed E-state index contributed by atoms with van der Waals surface area (Å²) in [5, 5.41) is 0. The normalized spacial score (nSPS) is 10.1. The van der Waals surface area contributed by atoms with Crippen LogP contribution in [0.25, 0.3) is 0 Å². The van der Waals surface area contributed by atoms with Gasteiger partial charge in [0, 0.05) is 0 Å². The monoisotopic (exact) mass is 272 g/mol. The highest BCUT2D eigenvalue weighted by atomic mass is 16.5. The minimum absolute atomic E-state index is 0.759. The lowest BCUT2D eigenvalue weighted by atomic mass is 10.3. The molecule has 0 heterocycles. The first-order valence-electron chi connectivity index (χ1n) is 6.86. The van der Waals surface area contributed by atoms with Crippen LogP contribution in [0.3, 0.4) is 0 Å². The Bertz CT molecular complexity index is 503. The second-order valence-corrected chi connectivity index (χ2v) is 4.45. The van der Waals surface area contributed by atoms with Crippen molar-refractivity contribution < 1.29 is 14.2 Å². The van der Waals surface area contributed by atoms with E-state index in [0.717, 1.165) is 42.4 Å². The third kappa shape index (κ3) is 4.19. The van der Waals surface area contributed by atoms with E-state index in [1.165, 1.54) is 0 Å². The molecular formula is C17H20O3. The lowest BCUT2D eigenvalue weighted by molar-refractivity contribution is 0.309. The summed E-state index contributed by atoms with van der Waals surface area (Å²) in [7, 11) is 1.65. The van der Waals surface area contributed by atoms with E-state index < -0.39 is 0 Å². The Morgan fingerprint density at radius 1 is 0.750 bits per heavy atom. The van der Waals surface area contributed by atoms with Crippen molar-refractivity contribution in [2.24, 2.45) is 0 Å². The van der Waals surface area contributed by atoms with Crippen LogP contribution >= 0.6 is 0 Å². The van der Waals surface area contributed by atoms with Crippen molar-refractivity contribution in [1.82, 2.24) is 0 Å². The average Bonchev–Trinajstić information content (AvgIpc) is 2.50. The predicted octanol–water partition coefficient (Wildman–Crippen LogP) is 4.67. The zero-order chi connectivity index (χ0) is 14.2. The van der Waals surface area contributed by atoms with Gasteiger partial charge in [-0.05, 0) is 55.0 Å². The first kappa shape index (κ1) is 14.3. The van der Waals surface area contributed by atoms with Gasteiger partial charge < -0.3 is 14.2 Å². The molecule has 2 rings (SSSR count). The van der Waals surface area contributed by atoms with Gasteiger partial charge in [0.2, 0.25) is 0 Å². The maximum Gasteiger partial charge on any atom is 0.127 e. The highest BCUT2D eigenvalue weighted by molar-refractivity contribution is 5.37. The van der Waals surface area contributed by atoms with E-state index in [4.69, 9.17) is 14.2 Å². The summed E-state index contributed by atoms with van der Waals surface area (Å²) in [5.74, 6) is 3.26. The van der Waals surface area contributed by atoms with Gasteiger partial charge in [0.15, 0.2) is 0 Å². The van der Waals surface area contributed by atoms with Crippen molar-refractivity contribution in [1.29, 1.82) is 0 Å². The number of benzene rings is 2. The highest BCUT2D eigenvalue weighted by Gasteiger charge is 1.99. The number of hydrogen-bond donors (Lipinski definition) is 0. The second-order valence-electron chi connectivity index (χ2n) is 4.45. The molecule has 0 aliphatic carbocycles. The van der Waals surface area contributed by atoms with Crippen LogP contribution in [0.1, 0.15) is 19.8 Å². The van der Waals surface area contributed by atoms with Gasteiger partial charge in [-0.2, -0.15) is 0 Å². The summed E-state index contributed by atoms with van der Waals surface area (Å²) in [6.07, 6.45) is 2.21. The van der Waals surface area contributed by atoms with E-state index in [1.807, 2.05) is 48.5 Å². The van der Waals surface area contributed by atoms with Crippen molar-refractivity contribution >= 4 is 0 Å². The van der Waals surface area contributed by atoms with E-state index in [9.17, 15) is 0 Å². The fourth-order valence-electron chi connectivity index (χ4n) is 1.72. The number of unbranched alkanes of at least 4 members (excludes halogenated alkanes) is 1. The number of rotatable bonds is 7. The molecule has 3 nitrogen and oxygen atoms in total. The molecule has 0 saturated heterocycles. The minimum atomic E-state index is 0.759. The summed E-state index contributed by atoms with van der Waals surface area (Å²) in [6, 6.07) is 15.2. The van der Waals surface area contributed by atoms with Crippen molar-refractivity contribution in [3.63, 3.8) is 0 Å². The van der Waals surface area contributed by atoms with Crippen LogP contribution in [0.4, 0.5) is 0 Å². The van der Waals surface area contributed by atoms with Crippen LogP contribution in [0, 0.1) is 0 Å². The Balaban J connectivity index is 1.92. The molecule has 3 heteroatoms. The molecule has 0 aromatic heterocycles. The smallest absolute Gasteiger partial charge is 0.127 e. The molecule has 0 aliphatic rings. The summed E-state index contributed by atoms with van der Waals surface area (Å²) in [4.78, 5) is 0. The Labute approximate surface area is 120 Å².